The summed E-state index contributed by atoms with van der Waals surface area (Å²) in [6.07, 6.45) is 1.75. The van der Waals surface area contributed by atoms with Crippen molar-refractivity contribution in [1.82, 2.24) is 14.8 Å². The Bertz CT molecular complexity index is 421. The Morgan fingerprint density at radius 1 is 1.53 bits per heavy atom. The molecule has 0 fully saturated rings. The third-order valence-electron chi connectivity index (χ3n) is 2.02. The number of rotatable bonds is 5. The van der Waals surface area contributed by atoms with Gasteiger partial charge in [-0.1, -0.05) is 38.6 Å². The van der Waals surface area contributed by atoms with Crippen LogP contribution in [-0.2, 0) is 16.8 Å². The topological polar surface area (TPSA) is 68.0 Å². The van der Waals surface area contributed by atoms with Gasteiger partial charge in [0.15, 0.2) is 5.16 Å². The molecule has 0 atom stereocenters. The van der Waals surface area contributed by atoms with Gasteiger partial charge in [-0.25, -0.2) is 0 Å². The predicted octanol–water partition coefficient (Wildman–Crippen LogP) is 1.94. The van der Waals surface area contributed by atoms with Crippen molar-refractivity contribution in [2.45, 2.75) is 37.9 Å². The maximum Gasteiger partial charge on any atom is 0.313 e. The fourth-order valence-electron chi connectivity index (χ4n) is 1.37. The smallest absolute Gasteiger partial charge is 0.313 e. The van der Waals surface area contributed by atoms with E-state index < -0.39 is 5.97 Å². The van der Waals surface area contributed by atoms with Gasteiger partial charge in [0.05, 0.1) is 5.75 Å². The molecule has 0 unspecified atom stereocenters. The lowest BCUT2D eigenvalue weighted by Crippen LogP contribution is -2.19. The van der Waals surface area contributed by atoms with Crippen LogP contribution in [0.25, 0.3) is 0 Å². The van der Waals surface area contributed by atoms with E-state index in [2.05, 4.69) is 16.8 Å². The predicted molar refractivity (Wildman–Crippen MR) is 67.3 cm³/mol. The monoisotopic (exact) mass is 255 g/mol. The van der Waals surface area contributed by atoms with Crippen molar-refractivity contribution in [2.75, 3.05) is 5.75 Å². The summed E-state index contributed by atoms with van der Waals surface area (Å²) in [5.74, 6) is -0.0369. The van der Waals surface area contributed by atoms with Crippen LogP contribution in [-0.4, -0.2) is 31.6 Å². The zero-order valence-corrected chi connectivity index (χ0v) is 11.1. The quantitative estimate of drug-likeness (QED) is 0.643. The van der Waals surface area contributed by atoms with Crippen molar-refractivity contribution in [1.29, 1.82) is 0 Å². The minimum absolute atomic E-state index is 0.0145. The number of aromatic nitrogens is 3. The van der Waals surface area contributed by atoms with Crippen LogP contribution in [0.15, 0.2) is 17.8 Å². The van der Waals surface area contributed by atoms with E-state index in [-0.39, 0.29) is 11.2 Å². The Labute approximate surface area is 105 Å². The van der Waals surface area contributed by atoms with Gasteiger partial charge >= 0.3 is 5.97 Å². The zero-order chi connectivity index (χ0) is 13.1. The van der Waals surface area contributed by atoms with E-state index in [0.29, 0.717) is 11.7 Å². The molecule has 0 amide bonds. The first-order valence-corrected chi connectivity index (χ1v) is 6.24. The lowest BCUT2D eigenvalue weighted by Gasteiger charge is -2.18. The highest BCUT2D eigenvalue weighted by Gasteiger charge is 2.23. The van der Waals surface area contributed by atoms with Crippen molar-refractivity contribution in [2.24, 2.45) is 0 Å². The second kappa shape index (κ2) is 5.35. The van der Waals surface area contributed by atoms with Crippen LogP contribution in [0, 0.1) is 0 Å². The SMILES string of the molecule is C=CCn1c(SCC(=O)O)nnc1C(C)(C)C. The molecule has 94 valence electrons. The minimum Gasteiger partial charge on any atom is -0.481 e. The summed E-state index contributed by atoms with van der Waals surface area (Å²) in [4.78, 5) is 10.5. The zero-order valence-electron chi connectivity index (χ0n) is 10.3. The first kappa shape index (κ1) is 13.8. The molecule has 6 heteroatoms. The molecule has 0 spiro atoms. The summed E-state index contributed by atoms with van der Waals surface area (Å²) < 4.78 is 1.90. The van der Waals surface area contributed by atoms with Crippen LogP contribution in [0.5, 0.6) is 0 Å². The highest BCUT2D eigenvalue weighted by atomic mass is 32.2. The largest absolute Gasteiger partial charge is 0.481 e. The van der Waals surface area contributed by atoms with Crippen molar-refractivity contribution >= 4 is 17.7 Å². The van der Waals surface area contributed by atoms with Crippen LogP contribution in [0.1, 0.15) is 26.6 Å². The molecule has 0 aromatic carbocycles. The van der Waals surface area contributed by atoms with E-state index in [1.54, 1.807) is 6.08 Å². The standard InChI is InChI=1S/C11H17N3O2S/c1-5-6-14-9(11(2,3)4)12-13-10(14)17-7-8(15)16/h5H,1,6-7H2,2-4H3,(H,15,16). The number of allylic oxidation sites excluding steroid dienone is 1. The molecule has 1 rings (SSSR count). The molecule has 1 aromatic rings. The number of carbonyl (C=O) groups is 1. The number of carboxylic acid groups (broad SMARTS) is 1. The lowest BCUT2D eigenvalue weighted by atomic mass is 9.96. The molecule has 0 aliphatic rings. The fraction of sp³-hybridized carbons (Fsp3) is 0.545. The van der Waals surface area contributed by atoms with E-state index in [4.69, 9.17) is 5.11 Å². The van der Waals surface area contributed by atoms with E-state index in [0.717, 1.165) is 5.82 Å². The summed E-state index contributed by atoms with van der Waals surface area (Å²) in [6, 6.07) is 0. The normalized spacial score (nSPS) is 11.5. The molecule has 0 aliphatic carbocycles. The highest BCUT2D eigenvalue weighted by Crippen LogP contribution is 2.25. The first-order chi connectivity index (χ1) is 7.86. The Morgan fingerprint density at radius 2 is 2.18 bits per heavy atom. The van der Waals surface area contributed by atoms with Crippen LogP contribution in [0.4, 0.5) is 0 Å². The molecule has 0 saturated carbocycles. The van der Waals surface area contributed by atoms with Gasteiger partial charge in [0.1, 0.15) is 5.82 Å². The highest BCUT2D eigenvalue weighted by molar-refractivity contribution is 7.99. The van der Waals surface area contributed by atoms with Gasteiger partial charge in [-0.2, -0.15) is 0 Å². The van der Waals surface area contributed by atoms with Gasteiger partial charge in [-0.3, -0.25) is 4.79 Å². The number of thioether (sulfide) groups is 1. The van der Waals surface area contributed by atoms with Gasteiger partial charge < -0.3 is 9.67 Å². The van der Waals surface area contributed by atoms with Crippen LogP contribution in [0.2, 0.25) is 0 Å². The molecule has 0 bridgehead atoms. The van der Waals surface area contributed by atoms with Crippen molar-refractivity contribution < 1.29 is 9.90 Å². The van der Waals surface area contributed by atoms with E-state index >= 15 is 0 Å². The van der Waals surface area contributed by atoms with Gasteiger partial charge in [-0.15, -0.1) is 16.8 Å². The Balaban J connectivity index is 3.02. The Morgan fingerprint density at radius 3 is 2.65 bits per heavy atom. The molecule has 1 N–H and O–H groups in total. The lowest BCUT2D eigenvalue weighted by molar-refractivity contribution is -0.133. The minimum atomic E-state index is -0.861. The maximum atomic E-state index is 10.5. The van der Waals surface area contributed by atoms with E-state index in [1.807, 2.05) is 25.3 Å². The van der Waals surface area contributed by atoms with E-state index in [9.17, 15) is 4.79 Å². The van der Waals surface area contributed by atoms with Crippen molar-refractivity contribution in [3.8, 4) is 0 Å². The van der Waals surface area contributed by atoms with Gasteiger partial charge in [0.2, 0.25) is 0 Å². The second-order valence-corrected chi connectivity index (χ2v) is 5.58. The van der Waals surface area contributed by atoms with Gasteiger partial charge in [0.25, 0.3) is 0 Å². The summed E-state index contributed by atoms with van der Waals surface area (Å²) in [7, 11) is 0. The maximum absolute atomic E-state index is 10.5. The Hall–Kier alpha value is -1.30. The van der Waals surface area contributed by atoms with Crippen LogP contribution in [0.3, 0.4) is 0 Å². The summed E-state index contributed by atoms with van der Waals surface area (Å²) in [5, 5.41) is 17.5. The molecule has 0 aliphatic heterocycles. The number of hydrogen-bond donors (Lipinski definition) is 1. The summed E-state index contributed by atoms with van der Waals surface area (Å²) in [6.45, 7) is 10.4. The fourth-order valence-corrected chi connectivity index (χ4v) is 2.04. The third-order valence-corrected chi connectivity index (χ3v) is 2.98. The molecular formula is C11H17N3O2S. The Kier molecular flexibility index (Phi) is 4.34. The van der Waals surface area contributed by atoms with Crippen LogP contribution >= 0.6 is 11.8 Å². The number of carboxylic acids is 1. The molecule has 0 radical (unpaired) electrons. The van der Waals surface area contributed by atoms with Crippen molar-refractivity contribution in [3.05, 3.63) is 18.5 Å². The summed E-state index contributed by atoms with van der Waals surface area (Å²) in [5.41, 5.74) is -0.127. The molecular weight excluding hydrogens is 238 g/mol. The average Bonchev–Trinajstić information content (AvgIpc) is 2.58. The third kappa shape index (κ3) is 3.59. The molecule has 5 nitrogen and oxygen atoms in total. The number of nitrogens with zero attached hydrogens (tertiary/aromatic N) is 3. The van der Waals surface area contributed by atoms with Crippen LogP contribution < -0.4 is 0 Å². The molecule has 0 saturated heterocycles. The summed E-state index contributed by atoms with van der Waals surface area (Å²) >= 11 is 1.17. The number of aliphatic carboxylic acids is 1. The number of hydrogen-bond acceptors (Lipinski definition) is 4. The molecule has 1 heterocycles. The average molecular weight is 255 g/mol. The second-order valence-electron chi connectivity index (χ2n) is 4.64. The molecule has 1 aromatic heterocycles. The van der Waals surface area contributed by atoms with E-state index in [1.165, 1.54) is 11.8 Å². The van der Waals surface area contributed by atoms with Gasteiger partial charge in [-0.05, 0) is 0 Å². The van der Waals surface area contributed by atoms with Gasteiger partial charge in [0, 0.05) is 12.0 Å². The van der Waals surface area contributed by atoms with Crippen molar-refractivity contribution in [3.63, 3.8) is 0 Å². The first-order valence-electron chi connectivity index (χ1n) is 5.25. The molecule has 17 heavy (non-hydrogen) atoms.